The van der Waals surface area contributed by atoms with Gasteiger partial charge in [-0.3, -0.25) is 14.2 Å². The summed E-state index contributed by atoms with van der Waals surface area (Å²) in [6.45, 7) is 4.25. The number of allylic oxidation sites excluding steroid dienone is 2. The molecule has 0 fully saturated rings. The molecule has 0 aliphatic rings. The van der Waals surface area contributed by atoms with Crippen molar-refractivity contribution in [1.29, 1.82) is 0 Å². The van der Waals surface area contributed by atoms with E-state index in [1.54, 1.807) is 0 Å². The molecule has 59 heavy (non-hydrogen) atoms. The third-order valence-corrected chi connectivity index (χ3v) is 12.0. The molecular weight excluding hydrogens is 762 g/mol. The van der Waals surface area contributed by atoms with E-state index in [4.69, 9.17) is 18.5 Å². The van der Waals surface area contributed by atoms with Crippen LogP contribution in [0.2, 0.25) is 0 Å². The van der Waals surface area contributed by atoms with E-state index in [0.717, 1.165) is 32.1 Å². The molecule has 0 aromatic carbocycles. The van der Waals surface area contributed by atoms with Gasteiger partial charge in [0.15, 0.2) is 6.10 Å². The van der Waals surface area contributed by atoms with E-state index in [0.29, 0.717) is 17.4 Å². The summed E-state index contributed by atoms with van der Waals surface area (Å²) in [6.07, 6.45) is 45.4. The molecule has 9 nitrogen and oxygen atoms in total. The Morgan fingerprint density at radius 1 is 0.508 bits per heavy atom. The molecule has 0 saturated carbocycles. The van der Waals surface area contributed by atoms with E-state index < -0.39 is 26.5 Å². The Morgan fingerprint density at radius 2 is 0.864 bits per heavy atom. The van der Waals surface area contributed by atoms with E-state index in [1.165, 1.54) is 173 Å². The van der Waals surface area contributed by atoms with E-state index in [-0.39, 0.29) is 32.0 Å². The van der Waals surface area contributed by atoms with Gasteiger partial charge in [0.2, 0.25) is 0 Å². The zero-order valence-corrected chi connectivity index (χ0v) is 40.4. The Bertz CT molecular complexity index is 1020. The molecule has 0 aliphatic carbocycles. The van der Waals surface area contributed by atoms with Crippen LogP contribution in [0.5, 0.6) is 0 Å². The average molecular weight is 858 g/mol. The average Bonchev–Trinajstić information content (AvgIpc) is 3.19. The van der Waals surface area contributed by atoms with Crippen LogP contribution in [-0.4, -0.2) is 70.0 Å². The fourth-order valence-electron chi connectivity index (χ4n) is 7.12. The van der Waals surface area contributed by atoms with Crippen LogP contribution in [0.3, 0.4) is 0 Å². The molecule has 0 saturated heterocycles. The quantitative estimate of drug-likeness (QED) is 0.0196. The van der Waals surface area contributed by atoms with Gasteiger partial charge < -0.3 is 27.9 Å². The Labute approximate surface area is 365 Å². The van der Waals surface area contributed by atoms with Gasteiger partial charge in [-0.1, -0.05) is 199 Å². The minimum absolute atomic E-state index is 0.0273. The molecule has 0 spiro atoms. The van der Waals surface area contributed by atoms with Crippen LogP contribution < -0.4 is 4.89 Å². The molecule has 2 atom stereocenters. The predicted molar refractivity (Wildman–Crippen MR) is 245 cm³/mol. The third kappa shape index (κ3) is 46.1. The Balaban J connectivity index is 4.11. The molecule has 0 rings (SSSR count). The standard InChI is InChI=1S/C49H96NO8P/c1-6-8-10-12-14-16-18-19-20-21-22-23-24-25-26-27-28-29-30-31-32-34-36-38-40-42-49(52)58-47(46-57-59(53,54)56-44-43-50(3,4)5)45-55-48(51)41-39-37-35-33-17-15-13-11-9-7-2/h21-22,47H,6-20,23-46H2,1-5H3/b22-21-. The van der Waals surface area contributed by atoms with Crippen molar-refractivity contribution in [2.75, 3.05) is 47.5 Å². The minimum Gasteiger partial charge on any atom is -0.756 e. The second-order valence-electron chi connectivity index (χ2n) is 18.2. The molecular formula is C49H96NO8P. The lowest BCUT2D eigenvalue weighted by atomic mass is 10.0. The van der Waals surface area contributed by atoms with Gasteiger partial charge >= 0.3 is 11.9 Å². The summed E-state index contributed by atoms with van der Waals surface area (Å²) in [6, 6.07) is 0. The SMILES string of the molecule is CCCCCCCCCC/C=C\CCCCCCCCCCCCCCCC(=O)OC(COC(=O)CCCCCCCCCCCC)COP(=O)([O-])OCC[N+](C)(C)C. The summed E-state index contributed by atoms with van der Waals surface area (Å²) < 4.78 is 33.9. The van der Waals surface area contributed by atoms with Crippen LogP contribution in [-0.2, 0) is 32.7 Å². The molecule has 0 aliphatic heterocycles. The molecule has 0 N–H and O–H groups in total. The van der Waals surface area contributed by atoms with E-state index in [9.17, 15) is 19.0 Å². The fraction of sp³-hybridized carbons (Fsp3) is 0.918. The number of nitrogens with zero attached hydrogens (tertiary/aromatic N) is 1. The Morgan fingerprint density at radius 3 is 1.25 bits per heavy atom. The zero-order chi connectivity index (χ0) is 43.6. The smallest absolute Gasteiger partial charge is 0.306 e. The molecule has 350 valence electrons. The topological polar surface area (TPSA) is 111 Å². The lowest BCUT2D eigenvalue weighted by Crippen LogP contribution is -2.37. The van der Waals surface area contributed by atoms with Crippen molar-refractivity contribution in [3.63, 3.8) is 0 Å². The summed E-state index contributed by atoms with van der Waals surface area (Å²) in [5.74, 6) is -0.824. The number of esters is 2. The van der Waals surface area contributed by atoms with Crippen molar-refractivity contribution in [2.45, 2.75) is 245 Å². The zero-order valence-electron chi connectivity index (χ0n) is 39.5. The number of carbonyl (C=O) groups excluding carboxylic acids is 2. The number of rotatable bonds is 46. The lowest BCUT2D eigenvalue weighted by Gasteiger charge is -2.28. The molecule has 2 unspecified atom stereocenters. The maximum Gasteiger partial charge on any atom is 0.306 e. The monoisotopic (exact) mass is 858 g/mol. The fourth-order valence-corrected chi connectivity index (χ4v) is 7.85. The maximum atomic E-state index is 12.7. The molecule has 0 aromatic rings. The first-order valence-corrected chi connectivity index (χ1v) is 26.4. The minimum atomic E-state index is -4.62. The molecule has 0 amide bonds. The van der Waals surface area contributed by atoms with E-state index >= 15 is 0 Å². The van der Waals surface area contributed by atoms with Crippen LogP contribution in [0.4, 0.5) is 0 Å². The van der Waals surface area contributed by atoms with E-state index in [1.807, 2.05) is 21.1 Å². The summed E-state index contributed by atoms with van der Waals surface area (Å²) in [7, 11) is 1.18. The van der Waals surface area contributed by atoms with Crippen molar-refractivity contribution in [3.8, 4) is 0 Å². The second-order valence-corrected chi connectivity index (χ2v) is 19.6. The number of phosphoric acid groups is 1. The Kier molecular flexibility index (Phi) is 41.2. The van der Waals surface area contributed by atoms with Gasteiger partial charge in [-0.25, -0.2) is 0 Å². The number of carbonyl (C=O) groups is 2. The Hall–Kier alpha value is -1.25. The van der Waals surface area contributed by atoms with Gasteiger partial charge in [-0.05, 0) is 38.5 Å². The summed E-state index contributed by atoms with van der Waals surface area (Å²) >= 11 is 0. The number of quaternary nitrogens is 1. The largest absolute Gasteiger partial charge is 0.756 e. The number of unbranched alkanes of at least 4 members (excludes halogenated alkanes) is 30. The van der Waals surface area contributed by atoms with Crippen molar-refractivity contribution >= 4 is 19.8 Å². The summed E-state index contributed by atoms with van der Waals surface area (Å²) in [5.41, 5.74) is 0. The molecule has 0 heterocycles. The predicted octanol–water partition coefficient (Wildman–Crippen LogP) is 13.9. The number of hydrogen-bond acceptors (Lipinski definition) is 8. The molecule has 0 radical (unpaired) electrons. The number of hydrogen-bond donors (Lipinski definition) is 0. The van der Waals surface area contributed by atoms with Crippen LogP contribution >= 0.6 is 7.82 Å². The highest BCUT2D eigenvalue weighted by Gasteiger charge is 2.21. The second kappa shape index (κ2) is 42.1. The van der Waals surface area contributed by atoms with Gasteiger partial charge in [0, 0.05) is 12.8 Å². The van der Waals surface area contributed by atoms with Crippen molar-refractivity contribution in [3.05, 3.63) is 12.2 Å². The number of ether oxygens (including phenoxy) is 2. The van der Waals surface area contributed by atoms with Gasteiger partial charge in [0.05, 0.1) is 27.7 Å². The first kappa shape index (κ1) is 57.8. The highest BCUT2D eigenvalue weighted by molar-refractivity contribution is 7.45. The summed E-state index contributed by atoms with van der Waals surface area (Å²) in [5, 5.41) is 0. The summed E-state index contributed by atoms with van der Waals surface area (Å²) in [4.78, 5) is 37.5. The third-order valence-electron chi connectivity index (χ3n) is 11.0. The van der Waals surface area contributed by atoms with Crippen LogP contribution in [0, 0.1) is 0 Å². The molecule has 10 heteroatoms. The molecule has 0 bridgehead atoms. The van der Waals surface area contributed by atoms with Crippen LogP contribution in [0.25, 0.3) is 0 Å². The highest BCUT2D eigenvalue weighted by atomic mass is 31.2. The van der Waals surface area contributed by atoms with Gasteiger partial charge in [0.25, 0.3) is 7.82 Å². The number of likely N-dealkylation sites (N-methyl/N-ethyl adjacent to an activating group) is 1. The van der Waals surface area contributed by atoms with E-state index in [2.05, 4.69) is 26.0 Å². The lowest BCUT2D eigenvalue weighted by molar-refractivity contribution is -0.870. The van der Waals surface area contributed by atoms with Crippen molar-refractivity contribution in [2.24, 2.45) is 0 Å². The maximum absolute atomic E-state index is 12.7. The van der Waals surface area contributed by atoms with Crippen molar-refractivity contribution in [1.82, 2.24) is 0 Å². The normalized spacial score (nSPS) is 13.5. The number of phosphoric ester groups is 1. The van der Waals surface area contributed by atoms with Gasteiger partial charge in [0.1, 0.15) is 19.8 Å². The first-order valence-electron chi connectivity index (χ1n) is 24.9. The van der Waals surface area contributed by atoms with Crippen molar-refractivity contribution < 1.29 is 42.1 Å². The first-order chi connectivity index (χ1) is 28.5. The van der Waals surface area contributed by atoms with Gasteiger partial charge in [-0.15, -0.1) is 0 Å². The highest BCUT2D eigenvalue weighted by Crippen LogP contribution is 2.38. The van der Waals surface area contributed by atoms with Crippen LogP contribution in [0.1, 0.15) is 239 Å². The van der Waals surface area contributed by atoms with Crippen LogP contribution in [0.15, 0.2) is 12.2 Å². The molecule has 0 aromatic heterocycles. The van der Waals surface area contributed by atoms with Gasteiger partial charge in [-0.2, -0.15) is 0 Å².